The Bertz CT molecular complexity index is 1610. The molecule has 1 aliphatic carbocycles. The monoisotopic (exact) mass is 609 g/mol. The van der Waals surface area contributed by atoms with E-state index in [0.717, 1.165) is 35.8 Å². The summed E-state index contributed by atoms with van der Waals surface area (Å²) in [5, 5.41) is 13.6. The summed E-state index contributed by atoms with van der Waals surface area (Å²) >= 11 is 7.97. The number of fused-ring (bicyclic) bond motifs is 1. The van der Waals surface area contributed by atoms with Gasteiger partial charge in [0.05, 0.1) is 12.0 Å². The third-order valence-corrected chi connectivity index (χ3v) is 9.45. The Morgan fingerprint density at radius 2 is 1.81 bits per heavy atom. The van der Waals surface area contributed by atoms with E-state index in [9.17, 15) is 14.7 Å². The highest BCUT2D eigenvalue weighted by Crippen LogP contribution is 2.44. The lowest BCUT2D eigenvalue weighted by molar-refractivity contribution is 0.104. The predicted molar refractivity (Wildman–Crippen MR) is 165 cm³/mol. The number of benzene rings is 2. The van der Waals surface area contributed by atoms with Crippen LogP contribution in [0, 0.1) is 19.7 Å². The second kappa shape index (κ2) is 12.4. The molecule has 0 saturated heterocycles. The molecule has 7 nitrogen and oxygen atoms in total. The Labute approximate surface area is 253 Å². The molecule has 4 aromatic rings. The molecule has 10 heteroatoms. The quantitative estimate of drug-likeness (QED) is 0.200. The van der Waals surface area contributed by atoms with E-state index >= 15 is 4.39 Å². The Balaban J connectivity index is 1.60. The van der Waals surface area contributed by atoms with Crippen LogP contribution in [0.15, 0.2) is 42.5 Å². The Morgan fingerprint density at radius 1 is 1.14 bits per heavy atom. The van der Waals surface area contributed by atoms with Crippen molar-refractivity contribution in [3.63, 3.8) is 0 Å². The van der Waals surface area contributed by atoms with Crippen LogP contribution in [0.1, 0.15) is 57.9 Å². The first-order valence-corrected chi connectivity index (χ1v) is 15.0. The topological polar surface area (TPSA) is 91.8 Å². The molecule has 1 saturated carbocycles. The fourth-order valence-corrected chi connectivity index (χ4v) is 7.18. The van der Waals surface area contributed by atoms with Crippen LogP contribution >= 0.6 is 22.9 Å². The van der Waals surface area contributed by atoms with Crippen LogP contribution < -0.4 is 10.1 Å². The van der Waals surface area contributed by atoms with Crippen LogP contribution in [0.4, 0.5) is 9.18 Å². The predicted octanol–water partition coefficient (Wildman–Crippen LogP) is 7.62. The van der Waals surface area contributed by atoms with Crippen LogP contribution in [-0.2, 0) is 6.54 Å². The number of hydrogen-bond donors (Lipinski definition) is 2. The van der Waals surface area contributed by atoms with Gasteiger partial charge in [0.1, 0.15) is 10.8 Å². The fraction of sp³-hybridized carbons (Fsp3) is 0.344. The van der Waals surface area contributed by atoms with Crippen molar-refractivity contribution >= 4 is 44.9 Å². The minimum atomic E-state index is -0.935. The van der Waals surface area contributed by atoms with Gasteiger partial charge < -0.3 is 20.1 Å². The van der Waals surface area contributed by atoms with Crippen LogP contribution in [-0.4, -0.2) is 53.1 Å². The number of halogens is 2. The maximum absolute atomic E-state index is 16.2. The van der Waals surface area contributed by atoms with Gasteiger partial charge in [-0.1, -0.05) is 29.8 Å². The van der Waals surface area contributed by atoms with Gasteiger partial charge in [-0.2, -0.15) is 0 Å². The van der Waals surface area contributed by atoms with E-state index in [1.165, 1.54) is 23.3 Å². The number of nitrogens with one attached hydrogen (secondary N) is 1. The van der Waals surface area contributed by atoms with E-state index in [1.807, 2.05) is 44.2 Å². The molecular formula is C32H33ClFN3O4S. The molecule has 1 fully saturated rings. The Morgan fingerprint density at radius 3 is 2.43 bits per heavy atom. The van der Waals surface area contributed by atoms with Gasteiger partial charge in [-0.15, -0.1) is 11.3 Å². The molecular weight excluding hydrogens is 577 g/mol. The third-order valence-electron chi connectivity index (χ3n) is 8.00. The largest absolute Gasteiger partial charge is 0.495 e. The molecule has 2 N–H and O–H groups in total. The zero-order chi connectivity index (χ0) is 30.1. The van der Waals surface area contributed by atoms with Crippen molar-refractivity contribution in [2.45, 2.75) is 58.2 Å². The molecule has 2 aromatic carbocycles. The van der Waals surface area contributed by atoms with Gasteiger partial charge in [0.25, 0.3) is 0 Å². The van der Waals surface area contributed by atoms with Crippen molar-refractivity contribution in [1.29, 1.82) is 0 Å². The van der Waals surface area contributed by atoms with Crippen molar-refractivity contribution in [1.82, 2.24) is 15.2 Å². The molecule has 0 spiro atoms. The van der Waals surface area contributed by atoms with Crippen LogP contribution in [0.25, 0.3) is 21.2 Å². The molecule has 1 amide bonds. The number of methoxy groups -OCH3 is 1. The Kier molecular flexibility index (Phi) is 8.82. The number of ketones is 1. The zero-order valence-electron chi connectivity index (χ0n) is 24.0. The molecule has 0 bridgehead atoms. The normalized spacial score (nSPS) is 16.9. The third kappa shape index (κ3) is 5.86. The van der Waals surface area contributed by atoms with Crippen molar-refractivity contribution in [2.24, 2.45) is 0 Å². The molecule has 0 atom stereocenters. The summed E-state index contributed by atoms with van der Waals surface area (Å²) in [6.07, 6.45) is 2.02. The minimum Gasteiger partial charge on any atom is -0.495 e. The first-order chi connectivity index (χ1) is 20.1. The SMILES string of the molecule is COc1c(Cl)c(F)c(-c2cc(C)nc(C)c2)c(C(=O)c2cc3ccccc3s2)c1CNC1CCC(N(C)C(=O)O)CC1. The number of carbonyl (C=O) groups is 2. The van der Waals surface area contributed by atoms with Crippen LogP contribution in [0.2, 0.25) is 5.02 Å². The molecule has 220 valence electrons. The van der Waals surface area contributed by atoms with Crippen molar-refractivity contribution < 1.29 is 23.8 Å². The molecule has 0 unspecified atom stereocenters. The second-order valence-electron chi connectivity index (χ2n) is 10.8. The number of carbonyl (C=O) groups excluding carboxylic acids is 1. The summed E-state index contributed by atoms with van der Waals surface area (Å²) in [5.41, 5.74) is 2.72. The number of rotatable bonds is 8. The lowest BCUT2D eigenvalue weighted by Crippen LogP contribution is -2.42. The highest BCUT2D eigenvalue weighted by Gasteiger charge is 2.32. The summed E-state index contributed by atoms with van der Waals surface area (Å²) in [6.45, 7) is 3.87. The minimum absolute atomic E-state index is 0.0368. The number of aromatic nitrogens is 1. The lowest BCUT2D eigenvalue weighted by Gasteiger charge is -2.34. The van der Waals surface area contributed by atoms with Crippen molar-refractivity contribution in [2.75, 3.05) is 14.2 Å². The van der Waals surface area contributed by atoms with Crippen LogP contribution in [0.3, 0.4) is 0 Å². The number of carboxylic acid groups (broad SMARTS) is 1. The van der Waals surface area contributed by atoms with E-state index in [2.05, 4.69) is 10.3 Å². The number of aryl methyl sites for hydroxylation is 2. The fourth-order valence-electron chi connectivity index (χ4n) is 5.88. The smallest absolute Gasteiger partial charge is 0.407 e. The van der Waals surface area contributed by atoms with Crippen molar-refractivity contribution in [3.05, 3.63) is 80.7 Å². The number of pyridine rings is 1. The molecule has 42 heavy (non-hydrogen) atoms. The summed E-state index contributed by atoms with van der Waals surface area (Å²) in [6, 6.07) is 13.1. The number of ether oxygens (including phenoxy) is 1. The maximum atomic E-state index is 16.2. The molecule has 0 radical (unpaired) electrons. The number of nitrogens with zero attached hydrogens (tertiary/aromatic N) is 2. The summed E-state index contributed by atoms with van der Waals surface area (Å²) in [7, 11) is 3.02. The van der Waals surface area contributed by atoms with E-state index in [1.54, 1.807) is 19.2 Å². The summed E-state index contributed by atoms with van der Waals surface area (Å²) in [4.78, 5) is 32.1. The maximum Gasteiger partial charge on any atom is 0.407 e. The number of hydrogen-bond acceptors (Lipinski definition) is 6. The first kappa shape index (κ1) is 29.9. The Hall–Kier alpha value is -3.53. The van der Waals surface area contributed by atoms with Gasteiger partial charge in [0, 0.05) is 58.5 Å². The molecule has 1 aliphatic rings. The van der Waals surface area contributed by atoms with Crippen LogP contribution in [0.5, 0.6) is 5.75 Å². The zero-order valence-corrected chi connectivity index (χ0v) is 25.5. The van der Waals surface area contributed by atoms with Crippen molar-refractivity contribution in [3.8, 4) is 16.9 Å². The highest BCUT2D eigenvalue weighted by atomic mass is 35.5. The second-order valence-corrected chi connectivity index (χ2v) is 12.2. The van der Waals surface area contributed by atoms with Gasteiger partial charge in [0.2, 0.25) is 5.78 Å². The van der Waals surface area contributed by atoms with E-state index in [4.69, 9.17) is 16.3 Å². The van der Waals surface area contributed by atoms with Gasteiger partial charge >= 0.3 is 6.09 Å². The molecule has 0 aliphatic heterocycles. The molecule has 2 aromatic heterocycles. The standard InChI is InChI=1S/C32H33ClFN3O4S/c1-17-13-20(14-18(2)36-17)26-27(30(38)25-15-19-7-5-6-8-24(19)42-25)23(31(41-4)28(33)29(26)34)16-35-21-9-11-22(12-10-21)37(3)32(39)40/h5-8,13-15,21-22,35H,9-12,16H2,1-4H3,(H,39,40). The molecule has 5 rings (SSSR count). The van der Waals surface area contributed by atoms with E-state index < -0.39 is 11.9 Å². The average Bonchev–Trinajstić information content (AvgIpc) is 3.41. The number of amides is 1. The lowest BCUT2D eigenvalue weighted by atomic mass is 9.88. The van der Waals surface area contributed by atoms with Gasteiger partial charge in [-0.05, 0) is 74.7 Å². The summed E-state index contributed by atoms with van der Waals surface area (Å²) < 4.78 is 22.9. The van der Waals surface area contributed by atoms with Gasteiger partial charge in [0.15, 0.2) is 5.82 Å². The van der Waals surface area contributed by atoms with E-state index in [-0.39, 0.29) is 46.3 Å². The average molecular weight is 610 g/mol. The number of thiophene rings is 1. The van der Waals surface area contributed by atoms with Gasteiger partial charge in [-0.25, -0.2) is 9.18 Å². The summed E-state index contributed by atoms with van der Waals surface area (Å²) in [5.74, 6) is -0.906. The first-order valence-electron chi connectivity index (χ1n) is 13.8. The van der Waals surface area contributed by atoms with E-state index in [0.29, 0.717) is 27.4 Å². The highest BCUT2D eigenvalue weighted by molar-refractivity contribution is 7.21. The molecule has 2 heterocycles. The van der Waals surface area contributed by atoms with Gasteiger partial charge in [-0.3, -0.25) is 9.78 Å².